The number of carbonyl (C=O) groups is 1. The molecule has 6 nitrogen and oxygen atoms in total. The molecule has 3 heterocycles. The Balaban J connectivity index is 1.47. The zero-order chi connectivity index (χ0) is 21.3. The molecule has 0 bridgehead atoms. The van der Waals surface area contributed by atoms with Crippen LogP contribution in [-0.4, -0.2) is 34.8 Å². The molecule has 0 saturated carbocycles. The van der Waals surface area contributed by atoms with Gasteiger partial charge in [-0.3, -0.25) is 9.59 Å². The molecule has 2 aromatic heterocycles. The maximum absolute atomic E-state index is 14.0. The lowest BCUT2D eigenvalue weighted by Gasteiger charge is -2.34. The smallest absolute Gasteiger partial charge is 0.292 e. The predicted octanol–water partition coefficient (Wildman–Crippen LogP) is 3.62. The van der Waals surface area contributed by atoms with Crippen LogP contribution in [0.5, 0.6) is 0 Å². The predicted molar refractivity (Wildman–Crippen MR) is 112 cm³/mol. The van der Waals surface area contributed by atoms with Crippen LogP contribution in [0.25, 0.3) is 5.69 Å². The lowest BCUT2D eigenvalue weighted by molar-refractivity contribution is 0.0935. The van der Waals surface area contributed by atoms with Gasteiger partial charge in [0, 0.05) is 25.2 Å². The zero-order valence-electron chi connectivity index (χ0n) is 15.6. The van der Waals surface area contributed by atoms with Gasteiger partial charge >= 0.3 is 0 Å². The number of nitrogens with zero attached hydrogens (tertiary/aromatic N) is 3. The molecule has 1 fully saturated rings. The van der Waals surface area contributed by atoms with E-state index in [2.05, 4.69) is 10.4 Å². The van der Waals surface area contributed by atoms with E-state index in [9.17, 15) is 18.4 Å². The van der Waals surface area contributed by atoms with Gasteiger partial charge in [0.15, 0.2) is 5.82 Å². The third kappa shape index (κ3) is 4.08. The van der Waals surface area contributed by atoms with Crippen molar-refractivity contribution < 1.29 is 13.6 Å². The highest BCUT2D eigenvalue weighted by Gasteiger charge is 2.24. The molecule has 1 N–H and O–H groups in total. The fourth-order valence-electron chi connectivity index (χ4n) is 3.40. The molecule has 1 amide bonds. The Morgan fingerprint density at radius 3 is 2.63 bits per heavy atom. The first-order valence-corrected chi connectivity index (χ1v) is 10.5. The van der Waals surface area contributed by atoms with Crippen molar-refractivity contribution >= 4 is 34.5 Å². The first kappa shape index (κ1) is 20.5. The first-order valence-electron chi connectivity index (χ1n) is 9.26. The number of benzene rings is 1. The summed E-state index contributed by atoms with van der Waals surface area (Å²) in [6.45, 7) is 1.15. The maximum atomic E-state index is 14.0. The lowest BCUT2D eigenvalue weighted by atomic mass is 10.0. The molecule has 0 spiro atoms. The van der Waals surface area contributed by atoms with E-state index in [0.29, 0.717) is 42.6 Å². The Labute approximate surface area is 179 Å². The summed E-state index contributed by atoms with van der Waals surface area (Å²) < 4.78 is 28.0. The van der Waals surface area contributed by atoms with Crippen LogP contribution < -0.4 is 15.8 Å². The highest BCUT2D eigenvalue weighted by Crippen LogP contribution is 2.26. The minimum atomic E-state index is -0.907. The minimum absolute atomic E-state index is 0.0243. The highest BCUT2D eigenvalue weighted by atomic mass is 35.5. The van der Waals surface area contributed by atoms with Crippen molar-refractivity contribution in [2.24, 2.45) is 0 Å². The van der Waals surface area contributed by atoms with Crippen molar-refractivity contribution in [2.45, 2.75) is 18.9 Å². The molecule has 4 rings (SSSR count). The SMILES string of the molecule is O=C(NC1CCN(c2cnn(-c3ccc(F)cc3F)c(=O)c2Cl)CC1)c1cccs1. The molecule has 0 aliphatic carbocycles. The maximum Gasteiger partial charge on any atom is 0.292 e. The number of nitrogens with one attached hydrogen (secondary N) is 1. The van der Waals surface area contributed by atoms with Crippen LogP contribution in [0.2, 0.25) is 5.02 Å². The van der Waals surface area contributed by atoms with Crippen LogP contribution in [0.4, 0.5) is 14.5 Å². The van der Waals surface area contributed by atoms with Crippen LogP contribution >= 0.6 is 22.9 Å². The van der Waals surface area contributed by atoms with Crippen LogP contribution in [0.3, 0.4) is 0 Å². The Bertz CT molecular complexity index is 1130. The number of carbonyl (C=O) groups excluding carboxylic acids is 1. The molecule has 1 saturated heterocycles. The molecule has 0 unspecified atom stereocenters. The average molecular weight is 451 g/mol. The van der Waals surface area contributed by atoms with Gasteiger partial charge in [0.2, 0.25) is 0 Å². The number of hydrogen-bond acceptors (Lipinski definition) is 5. The van der Waals surface area contributed by atoms with E-state index in [1.807, 2.05) is 16.3 Å². The van der Waals surface area contributed by atoms with E-state index in [-0.39, 0.29) is 22.7 Å². The second-order valence-corrected chi connectivity index (χ2v) is 8.19. The molecule has 0 radical (unpaired) electrons. The Hall–Kier alpha value is -2.78. The van der Waals surface area contributed by atoms with E-state index in [4.69, 9.17) is 11.6 Å². The molecule has 10 heteroatoms. The average Bonchev–Trinajstić information content (AvgIpc) is 3.27. The standard InChI is InChI=1S/C20H17ClF2N4O2S/c21-18-16(11-24-27(20(18)29)15-4-3-12(22)10-14(15)23)26-7-5-13(6-8-26)25-19(28)17-2-1-9-30-17/h1-4,9-11,13H,5-8H2,(H,25,28). The number of aromatic nitrogens is 2. The third-order valence-electron chi connectivity index (χ3n) is 4.95. The van der Waals surface area contributed by atoms with Gasteiger partial charge in [0.05, 0.1) is 16.8 Å². The Morgan fingerprint density at radius 2 is 1.97 bits per heavy atom. The molecular formula is C20H17ClF2N4O2S. The van der Waals surface area contributed by atoms with Crippen LogP contribution in [-0.2, 0) is 0 Å². The fourth-order valence-corrected chi connectivity index (χ4v) is 4.27. The van der Waals surface area contributed by atoms with Crippen LogP contribution in [0, 0.1) is 11.6 Å². The Morgan fingerprint density at radius 1 is 1.20 bits per heavy atom. The number of piperidine rings is 1. The molecule has 1 aliphatic heterocycles. The quantitative estimate of drug-likeness (QED) is 0.659. The van der Waals surface area contributed by atoms with Crippen LogP contribution in [0.15, 0.2) is 46.7 Å². The third-order valence-corrected chi connectivity index (χ3v) is 6.18. The molecule has 1 aliphatic rings. The number of amides is 1. The normalized spacial score (nSPS) is 14.7. The van der Waals surface area contributed by atoms with Crippen molar-refractivity contribution in [3.8, 4) is 5.69 Å². The van der Waals surface area contributed by atoms with Gasteiger partial charge in [-0.25, -0.2) is 8.78 Å². The van der Waals surface area contributed by atoms with Gasteiger partial charge in [-0.05, 0) is 36.4 Å². The van der Waals surface area contributed by atoms with Gasteiger partial charge in [0.25, 0.3) is 11.5 Å². The second-order valence-electron chi connectivity index (χ2n) is 6.87. The Kier molecular flexibility index (Phi) is 5.83. The topological polar surface area (TPSA) is 67.2 Å². The molecule has 156 valence electrons. The van der Waals surface area contributed by atoms with Crippen LogP contribution in [0.1, 0.15) is 22.5 Å². The summed E-state index contributed by atoms with van der Waals surface area (Å²) in [4.78, 5) is 27.4. The van der Waals surface area contributed by atoms with Gasteiger partial charge < -0.3 is 10.2 Å². The summed E-state index contributed by atoms with van der Waals surface area (Å²) in [6.07, 6.45) is 2.77. The van der Waals surface area contributed by atoms with Crippen molar-refractivity contribution in [1.82, 2.24) is 15.1 Å². The second kappa shape index (κ2) is 8.53. The van der Waals surface area contributed by atoms with Gasteiger partial charge in [-0.2, -0.15) is 9.78 Å². The van der Waals surface area contributed by atoms with Gasteiger partial charge in [-0.15, -0.1) is 11.3 Å². The largest absolute Gasteiger partial charge is 0.369 e. The van der Waals surface area contributed by atoms with Crippen molar-refractivity contribution in [2.75, 3.05) is 18.0 Å². The highest BCUT2D eigenvalue weighted by molar-refractivity contribution is 7.12. The number of thiophene rings is 1. The number of anilines is 1. The van der Waals surface area contributed by atoms with Crippen molar-refractivity contribution in [3.05, 3.63) is 73.8 Å². The van der Waals surface area contributed by atoms with Crippen molar-refractivity contribution in [3.63, 3.8) is 0 Å². The summed E-state index contributed by atoms with van der Waals surface area (Å²) >= 11 is 7.66. The number of hydrogen-bond donors (Lipinski definition) is 1. The van der Waals surface area contributed by atoms with E-state index in [0.717, 1.165) is 16.8 Å². The molecule has 3 aromatic rings. The van der Waals surface area contributed by atoms with Gasteiger partial charge in [-0.1, -0.05) is 17.7 Å². The molecule has 30 heavy (non-hydrogen) atoms. The lowest BCUT2D eigenvalue weighted by Crippen LogP contribution is -2.45. The first-order chi connectivity index (χ1) is 14.4. The molecular weight excluding hydrogens is 434 g/mol. The van der Waals surface area contributed by atoms with E-state index in [1.54, 1.807) is 6.07 Å². The van der Waals surface area contributed by atoms with E-state index < -0.39 is 17.2 Å². The number of halogens is 3. The van der Waals surface area contributed by atoms with Crippen molar-refractivity contribution in [1.29, 1.82) is 0 Å². The summed E-state index contributed by atoms with van der Waals surface area (Å²) in [6, 6.07) is 6.49. The molecule has 0 atom stereocenters. The monoisotopic (exact) mass is 450 g/mol. The summed E-state index contributed by atoms with van der Waals surface area (Å²) in [5.74, 6) is -1.75. The van der Waals surface area contributed by atoms with E-state index in [1.165, 1.54) is 17.5 Å². The number of rotatable bonds is 4. The summed E-state index contributed by atoms with van der Waals surface area (Å²) in [5.41, 5.74) is -0.416. The minimum Gasteiger partial charge on any atom is -0.369 e. The summed E-state index contributed by atoms with van der Waals surface area (Å²) in [5, 5.41) is 8.81. The van der Waals surface area contributed by atoms with E-state index >= 15 is 0 Å². The fraction of sp³-hybridized carbons (Fsp3) is 0.250. The van der Waals surface area contributed by atoms with Gasteiger partial charge in [0.1, 0.15) is 16.5 Å². The summed E-state index contributed by atoms with van der Waals surface area (Å²) in [7, 11) is 0. The molecule has 1 aromatic carbocycles. The zero-order valence-corrected chi connectivity index (χ0v) is 17.2.